The summed E-state index contributed by atoms with van der Waals surface area (Å²) in [6, 6.07) is 6.47. The molecule has 0 unspecified atom stereocenters. The number of guanidine groups is 1. The molecule has 0 heterocycles. The van der Waals surface area contributed by atoms with Crippen molar-refractivity contribution in [1.29, 1.82) is 0 Å². The Bertz CT molecular complexity index is 396. The average Bonchev–Trinajstić information content (AvgIpc) is 3.19. The van der Waals surface area contributed by atoms with Gasteiger partial charge in [-0.15, -0.1) is 0 Å². The minimum absolute atomic E-state index is 0.207. The first kappa shape index (κ1) is 12.9. The van der Waals surface area contributed by atoms with Gasteiger partial charge in [-0.3, -0.25) is 0 Å². The van der Waals surface area contributed by atoms with Gasteiger partial charge >= 0.3 is 0 Å². The van der Waals surface area contributed by atoms with Gasteiger partial charge in [0.25, 0.3) is 0 Å². The van der Waals surface area contributed by atoms with E-state index in [1.54, 1.807) is 12.1 Å². The minimum atomic E-state index is -0.207. The maximum atomic E-state index is 12.8. The van der Waals surface area contributed by atoms with E-state index in [9.17, 15) is 4.39 Å². The molecule has 4 heteroatoms. The molecule has 98 valence electrons. The van der Waals surface area contributed by atoms with E-state index in [1.807, 2.05) is 6.92 Å². The molecule has 1 aromatic rings. The second-order valence-electron chi connectivity index (χ2n) is 4.65. The van der Waals surface area contributed by atoms with E-state index in [0.717, 1.165) is 30.5 Å². The van der Waals surface area contributed by atoms with Crippen molar-refractivity contribution in [3.8, 4) is 0 Å². The third-order valence-electron chi connectivity index (χ3n) is 2.93. The number of rotatable bonds is 5. The predicted molar refractivity (Wildman–Crippen MR) is 71.9 cm³/mol. The fourth-order valence-electron chi connectivity index (χ4n) is 1.66. The Hall–Kier alpha value is -1.58. The van der Waals surface area contributed by atoms with Crippen molar-refractivity contribution < 1.29 is 4.39 Å². The summed E-state index contributed by atoms with van der Waals surface area (Å²) in [4.78, 5) is 4.49. The van der Waals surface area contributed by atoms with Gasteiger partial charge in [0.2, 0.25) is 0 Å². The zero-order valence-electron chi connectivity index (χ0n) is 10.7. The first-order chi connectivity index (χ1) is 8.78. The van der Waals surface area contributed by atoms with Crippen LogP contribution >= 0.6 is 0 Å². The Morgan fingerprint density at radius 2 is 2.00 bits per heavy atom. The van der Waals surface area contributed by atoms with Crippen LogP contribution in [0.3, 0.4) is 0 Å². The maximum Gasteiger partial charge on any atom is 0.191 e. The number of nitrogens with one attached hydrogen (secondary N) is 2. The van der Waals surface area contributed by atoms with Crippen molar-refractivity contribution in [1.82, 2.24) is 10.6 Å². The number of hydrogen-bond donors (Lipinski definition) is 2. The second kappa shape index (κ2) is 6.38. The van der Waals surface area contributed by atoms with Crippen molar-refractivity contribution in [2.45, 2.75) is 26.3 Å². The summed E-state index contributed by atoms with van der Waals surface area (Å²) in [7, 11) is 0. The van der Waals surface area contributed by atoms with Crippen LogP contribution in [0.4, 0.5) is 4.39 Å². The van der Waals surface area contributed by atoms with Crippen LogP contribution in [0.25, 0.3) is 0 Å². The largest absolute Gasteiger partial charge is 0.357 e. The molecule has 0 saturated heterocycles. The normalized spacial score (nSPS) is 15.6. The van der Waals surface area contributed by atoms with Crippen LogP contribution in [0, 0.1) is 11.7 Å². The minimum Gasteiger partial charge on any atom is -0.357 e. The number of hydrogen-bond acceptors (Lipinski definition) is 1. The smallest absolute Gasteiger partial charge is 0.191 e. The summed E-state index contributed by atoms with van der Waals surface area (Å²) in [5, 5.41) is 6.54. The Labute approximate surface area is 108 Å². The maximum absolute atomic E-state index is 12.8. The molecule has 1 fully saturated rings. The van der Waals surface area contributed by atoms with Crippen molar-refractivity contribution in [2.24, 2.45) is 10.9 Å². The average molecular weight is 249 g/mol. The van der Waals surface area contributed by atoms with E-state index >= 15 is 0 Å². The highest BCUT2D eigenvalue weighted by molar-refractivity contribution is 5.79. The summed E-state index contributed by atoms with van der Waals surface area (Å²) in [6.45, 7) is 4.46. The van der Waals surface area contributed by atoms with Crippen LogP contribution in [0.2, 0.25) is 0 Å². The molecule has 0 aliphatic heterocycles. The highest BCUT2D eigenvalue weighted by Crippen LogP contribution is 2.27. The third kappa shape index (κ3) is 4.35. The highest BCUT2D eigenvalue weighted by Gasteiger charge is 2.20. The molecule has 2 N–H and O–H groups in total. The second-order valence-corrected chi connectivity index (χ2v) is 4.65. The van der Waals surface area contributed by atoms with Gasteiger partial charge in [0.05, 0.1) is 6.54 Å². The molecule has 0 spiro atoms. The van der Waals surface area contributed by atoms with Gasteiger partial charge in [0.1, 0.15) is 5.82 Å². The quantitative estimate of drug-likeness (QED) is 0.620. The van der Waals surface area contributed by atoms with E-state index in [-0.39, 0.29) is 5.82 Å². The Morgan fingerprint density at radius 3 is 2.61 bits per heavy atom. The van der Waals surface area contributed by atoms with Crippen LogP contribution in [0.15, 0.2) is 29.3 Å². The zero-order valence-corrected chi connectivity index (χ0v) is 10.7. The summed E-state index contributed by atoms with van der Waals surface area (Å²) < 4.78 is 12.8. The zero-order chi connectivity index (χ0) is 12.8. The fourth-order valence-corrected chi connectivity index (χ4v) is 1.66. The van der Waals surface area contributed by atoms with Crippen molar-refractivity contribution in [2.75, 3.05) is 13.1 Å². The molecule has 18 heavy (non-hydrogen) atoms. The van der Waals surface area contributed by atoms with Crippen molar-refractivity contribution in [3.63, 3.8) is 0 Å². The standard InChI is InChI=1S/C14H20FN3/c1-2-16-14(17-9-11-3-4-11)18-10-12-5-7-13(15)8-6-12/h5-8,11H,2-4,9-10H2,1H3,(H2,16,17,18). The van der Waals surface area contributed by atoms with Gasteiger partial charge in [-0.05, 0) is 43.4 Å². The van der Waals surface area contributed by atoms with E-state index in [4.69, 9.17) is 0 Å². The first-order valence-corrected chi connectivity index (χ1v) is 6.54. The lowest BCUT2D eigenvalue weighted by Crippen LogP contribution is -2.38. The Kier molecular flexibility index (Phi) is 4.56. The summed E-state index contributed by atoms with van der Waals surface area (Å²) >= 11 is 0. The molecule has 2 rings (SSSR count). The van der Waals surface area contributed by atoms with E-state index in [2.05, 4.69) is 15.6 Å². The molecule has 1 saturated carbocycles. The number of nitrogens with zero attached hydrogens (tertiary/aromatic N) is 1. The van der Waals surface area contributed by atoms with Gasteiger partial charge in [-0.1, -0.05) is 12.1 Å². The van der Waals surface area contributed by atoms with Gasteiger partial charge in [0.15, 0.2) is 5.96 Å². The van der Waals surface area contributed by atoms with Crippen LogP contribution in [0.5, 0.6) is 0 Å². The number of benzene rings is 1. The summed E-state index contributed by atoms with van der Waals surface area (Å²) in [5.74, 6) is 1.45. The molecule has 0 amide bonds. The third-order valence-corrected chi connectivity index (χ3v) is 2.93. The first-order valence-electron chi connectivity index (χ1n) is 6.54. The molecule has 0 atom stereocenters. The molecule has 1 aromatic carbocycles. The molecule has 0 bridgehead atoms. The summed E-state index contributed by atoms with van der Waals surface area (Å²) in [6.07, 6.45) is 2.65. The van der Waals surface area contributed by atoms with Crippen molar-refractivity contribution >= 4 is 5.96 Å². The lowest BCUT2D eigenvalue weighted by molar-refractivity contribution is 0.627. The van der Waals surface area contributed by atoms with Gasteiger partial charge in [-0.25, -0.2) is 9.38 Å². The molecular formula is C14H20FN3. The number of aliphatic imine (C=N–C) groups is 1. The van der Waals surface area contributed by atoms with Crippen LogP contribution in [0.1, 0.15) is 25.3 Å². The fraction of sp³-hybridized carbons (Fsp3) is 0.500. The summed E-state index contributed by atoms with van der Waals surface area (Å²) in [5.41, 5.74) is 1.01. The lowest BCUT2D eigenvalue weighted by Gasteiger charge is -2.10. The molecular weight excluding hydrogens is 229 g/mol. The highest BCUT2D eigenvalue weighted by atomic mass is 19.1. The van der Waals surface area contributed by atoms with E-state index < -0.39 is 0 Å². The Morgan fingerprint density at radius 1 is 1.28 bits per heavy atom. The molecule has 1 aliphatic carbocycles. The van der Waals surface area contributed by atoms with Gasteiger partial charge in [-0.2, -0.15) is 0 Å². The lowest BCUT2D eigenvalue weighted by atomic mass is 10.2. The predicted octanol–water partition coefficient (Wildman–Crippen LogP) is 2.29. The molecule has 3 nitrogen and oxygen atoms in total. The van der Waals surface area contributed by atoms with Gasteiger partial charge in [0, 0.05) is 13.1 Å². The van der Waals surface area contributed by atoms with E-state index in [1.165, 1.54) is 25.0 Å². The van der Waals surface area contributed by atoms with Gasteiger partial charge < -0.3 is 10.6 Å². The molecule has 1 aliphatic rings. The van der Waals surface area contributed by atoms with E-state index in [0.29, 0.717) is 6.54 Å². The molecule has 0 radical (unpaired) electrons. The number of halogens is 1. The monoisotopic (exact) mass is 249 g/mol. The van der Waals surface area contributed by atoms with Crippen molar-refractivity contribution in [3.05, 3.63) is 35.6 Å². The van der Waals surface area contributed by atoms with Crippen LogP contribution in [-0.4, -0.2) is 19.0 Å². The Balaban J connectivity index is 1.87. The SMILES string of the molecule is CCNC(=NCc1ccc(F)cc1)NCC1CC1. The topological polar surface area (TPSA) is 36.4 Å². The van der Waals surface area contributed by atoms with Crippen LogP contribution < -0.4 is 10.6 Å². The molecule has 0 aromatic heterocycles. The van der Waals surface area contributed by atoms with Crippen LogP contribution in [-0.2, 0) is 6.54 Å².